The third kappa shape index (κ3) is 5.85. The fraction of sp³-hybridized carbons (Fsp3) is 0.875. The van der Waals surface area contributed by atoms with Crippen LogP contribution in [0.2, 0.25) is 0 Å². The van der Waals surface area contributed by atoms with Gasteiger partial charge in [0.05, 0.1) is 0 Å². The van der Waals surface area contributed by atoms with Gasteiger partial charge in [0.25, 0.3) is 0 Å². The molecule has 0 aromatic carbocycles. The average molecular weight is 158 g/mol. The molecule has 0 heterocycles. The second-order valence-corrected chi connectivity index (χ2v) is 3.60. The topological polar surface area (TPSA) is 55.1 Å². The zero-order chi connectivity index (χ0) is 8.91. The molecule has 0 aliphatic rings. The zero-order valence-corrected chi connectivity index (χ0v) is 7.61. The second-order valence-electron chi connectivity index (χ2n) is 3.60. The number of nitrogens with two attached hydrogens (primary N) is 1. The first kappa shape index (κ1) is 10.4. The first-order valence-corrected chi connectivity index (χ1v) is 3.92. The van der Waals surface area contributed by atoms with E-state index in [2.05, 4.69) is 19.2 Å². The number of hydrogen-bond acceptors (Lipinski definition) is 2. The highest BCUT2D eigenvalue weighted by atomic mass is 16.1. The first-order valence-electron chi connectivity index (χ1n) is 3.92. The largest absolute Gasteiger partial charge is 0.356 e. The molecular weight excluding hydrogens is 140 g/mol. The molecule has 0 spiro atoms. The highest BCUT2D eigenvalue weighted by molar-refractivity contribution is 5.72. The normalized spacial score (nSPS) is 11.3. The summed E-state index contributed by atoms with van der Waals surface area (Å²) in [6.45, 7) is 7.09. The van der Waals surface area contributed by atoms with Crippen LogP contribution in [0.1, 0.15) is 27.2 Å². The molecule has 0 aliphatic heterocycles. The van der Waals surface area contributed by atoms with Gasteiger partial charge in [0, 0.05) is 13.5 Å². The molecule has 3 N–H and O–H groups in total. The fourth-order valence-electron chi connectivity index (χ4n) is 0.679. The van der Waals surface area contributed by atoms with E-state index in [1.165, 1.54) is 6.92 Å². The van der Waals surface area contributed by atoms with Crippen molar-refractivity contribution in [2.45, 2.75) is 27.2 Å². The van der Waals surface area contributed by atoms with Crippen molar-refractivity contribution in [3.63, 3.8) is 0 Å². The lowest BCUT2D eigenvalue weighted by molar-refractivity contribution is -0.119. The summed E-state index contributed by atoms with van der Waals surface area (Å²) in [6, 6.07) is 0. The summed E-state index contributed by atoms with van der Waals surface area (Å²) in [4.78, 5) is 10.5. The molecule has 0 radical (unpaired) electrons. The van der Waals surface area contributed by atoms with Crippen molar-refractivity contribution in [3.8, 4) is 0 Å². The molecule has 0 aliphatic carbocycles. The summed E-state index contributed by atoms with van der Waals surface area (Å²) >= 11 is 0. The Labute approximate surface area is 68.3 Å². The molecule has 0 atom stereocenters. The Morgan fingerprint density at radius 2 is 2.09 bits per heavy atom. The maximum absolute atomic E-state index is 10.5. The van der Waals surface area contributed by atoms with Crippen LogP contribution in [-0.4, -0.2) is 19.0 Å². The number of carbonyl (C=O) groups excluding carboxylic acids is 1. The minimum absolute atomic E-state index is 0.0258. The maximum atomic E-state index is 10.5. The Morgan fingerprint density at radius 1 is 1.55 bits per heavy atom. The smallest absolute Gasteiger partial charge is 0.216 e. The van der Waals surface area contributed by atoms with Gasteiger partial charge in [0.2, 0.25) is 5.91 Å². The number of carbonyl (C=O) groups is 1. The molecule has 0 saturated heterocycles. The highest BCUT2D eigenvalue weighted by Crippen LogP contribution is 2.16. The van der Waals surface area contributed by atoms with E-state index in [-0.39, 0.29) is 11.3 Å². The van der Waals surface area contributed by atoms with Crippen LogP contribution in [0.4, 0.5) is 0 Å². The summed E-state index contributed by atoms with van der Waals surface area (Å²) in [7, 11) is 0. The quantitative estimate of drug-likeness (QED) is 0.626. The van der Waals surface area contributed by atoms with E-state index in [0.29, 0.717) is 6.54 Å². The number of hydrogen-bond donors (Lipinski definition) is 2. The summed E-state index contributed by atoms with van der Waals surface area (Å²) in [5.74, 6) is 0.0258. The number of amides is 1. The molecule has 66 valence electrons. The summed E-state index contributed by atoms with van der Waals surface area (Å²) in [5.41, 5.74) is 5.65. The van der Waals surface area contributed by atoms with Gasteiger partial charge in [-0.1, -0.05) is 13.8 Å². The summed E-state index contributed by atoms with van der Waals surface area (Å²) in [6.07, 6.45) is 0.934. The Hall–Kier alpha value is -0.570. The monoisotopic (exact) mass is 158 g/mol. The first-order chi connectivity index (χ1) is 4.98. The third-order valence-corrected chi connectivity index (χ3v) is 1.73. The van der Waals surface area contributed by atoms with Crippen molar-refractivity contribution in [3.05, 3.63) is 0 Å². The molecule has 0 unspecified atom stereocenters. The Kier molecular flexibility index (Phi) is 4.11. The van der Waals surface area contributed by atoms with Crippen molar-refractivity contribution < 1.29 is 4.79 Å². The van der Waals surface area contributed by atoms with Gasteiger partial charge in [-0.05, 0) is 18.4 Å². The van der Waals surface area contributed by atoms with E-state index < -0.39 is 0 Å². The second kappa shape index (κ2) is 4.34. The van der Waals surface area contributed by atoms with E-state index in [9.17, 15) is 4.79 Å². The van der Waals surface area contributed by atoms with Gasteiger partial charge in [0.15, 0.2) is 0 Å². The van der Waals surface area contributed by atoms with Crippen LogP contribution < -0.4 is 11.1 Å². The van der Waals surface area contributed by atoms with Gasteiger partial charge < -0.3 is 11.1 Å². The number of rotatable bonds is 4. The van der Waals surface area contributed by atoms with Crippen molar-refractivity contribution in [2.75, 3.05) is 13.1 Å². The lowest BCUT2D eigenvalue weighted by atomic mass is 9.90. The van der Waals surface area contributed by atoms with Crippen LogP contribution in [0.15, 0.2) is 0 Å². The van der Waals surface area contributed by atoms with Gasteiger partial charge in [-0.25, -0.2) is 0 Å². The molecule has 0 saturated carbocycles. The van der Waals surface area contributed by atoms with Crippen LogP contribution in [0.5, 0.6) is 0 Å². The van der Waals surface area contributed by atoms with Crippen LogP contribution in [-0.2, 0) is 4.79 Å². The van der Waals surface area contributed by atoms with E-state index in [1.807, 2.05) is 0 Å². The SMILES string of the molecule is CC(=O)NCCC(C)(C)CN. The molecular formula is C8H18N2O. The molecule has 3 heteroatoms. The summed E-state index contributed by atoms with van der Waals surface area (Å²) < 4.78 is 0. The summed E-state index contributed by atoms with van der Waals surface area (Å²) in [5, 5.41) is 2.74. The Morgan fingerprint density at radius 3 is 2.45 bits per heavy atom. The van der Waals surface area contributed by atoms with Crippen LogP contribution in [0.3, 0.4) is 0 Å². The third-order valence-electron chi connectivity index (χ3n) is 1.73. The predicted molar refractivity (Wildman–Crippen MR) is 46.1 cm³/mol. The van der Waals surface area contributed by atoms with Gasteiger partial charge >= 0.3 is 0 Å². The van der Waals surface area contributed by atoms with Crippen LogP contribution in [0.25, 0.3) is 0 Å². The molecule has 1 amide bonds. The van der Waals surface area contributed by atoms with Crippen molar-refractivity contribution >= 4 is 5.91 Å². The van der Waals surface area contributed by atoms with E-state index in [4.69, 9.17) is 5.73 Å². The zero-order valence-electron chi connectivity index (χ0n) is 7.61. The lowest BCUT2D eigenvalue weighted by Gasteiger charge is -2.21. The molecule has 0 bridgehead atoms. The van der Waals surface area contributed by atoms with E-state index >= 15 is 0 Å². The predicted octanol–water partition coefficient (Wildman–Crippen LogP) is 0.497. The Bertz CT molecular complexity index is 132. The number of nitrogens with one attached hydrogen (secondary N) is 1. The highest BCUT2D eigenvalue weighted by Gasteiger charge is 2.14. The van der Waals surface area contributed by atoms with E-state index in [1.54, 1.807) is 0 Å². The Balaban J connectivity index is 3.45. The molecule has 0 aromatic rings. The molecule has 0 fully saturated rings. The van der Waals surface area contributed by atoms with Crippen molar-refractivity contribution in [1.82, 2.24) is 5.32 Å². The van der Waals surface area contributed by atoms with Gasteiger partial charge in [-0.3, -0.25) is 4.79 Å². The van der Waals surface area contributed by atoms with Crippen molar-refractivity contribution in [2.24, 2.45) is 11.1 Å². The van der Waals surface area contributed by atoms with Crippen LogP contribution >= 0.6 is 0 Å². The maximum Gasteiger partial charge on any atom is 0.216 e. The average Bonchev–Trinajstić information content (AvgIpc) is 1.87. The molecule has 0 rings (SSSR count). The molecule has 3 nitrogen and oxygen atoms in total. The van der Waals surface area contributed by atoms with E-state index in [0.717, 1.165) is 13.0 Å². The van der Waals surface area contributed by atoms with Gasteiger partial charge in [-0.15, -0.1) is 0 Å². The fourth-order valence-corrected chi connectivity index (χ4v) is 0.679. The molecule has 11 heavy (non-hydrogen) atoms. The van der Waals surface area contributed by atoms with Gasteiger partial charge in [-0.2, -0.15) is 0 Å². The minimum atomic E-state index is 0.0258. The molecule has 0 aromatic heterocycles. The lowest BCUT2D eigenvalue weighted by Crippen LogP contribution is -2.30. The standard InChI is InChI=1S/C8H18N2O/c1-7(11)10-5-4-8(2,3)6-9/h4-6,9H2,1-3H3,(H,10,11). The van der Waals surface area contributed by atoms with Gasteiger partial charge in [0.1, 0.15) is 0 Å². The minimum Gasteiger partial charge on any atom is -0.356 e. The van der Waals surface area contributed by atoms with Crippen LogP contribution in [0, 0.1) is 5.41 Å². The van der Waals surface area contributed by atoms with Crippen molar-refractivity contribution in [1.29, 1.82) is 0 Å².